The second-order valence-electron chi connectivity index (χ2n) is 4.70. The number of fused-ring (bicyclic) bond motifs is 1. The summed E-state index contributed by atoms with van der Waals surface area (Å²) in [5.74, 6) is 0.466. The van der Waals surface area contributed by atoms with E-state index in [2.05, 4.69) is 29.8 Å². The zero-order chi connectivity index (χ0) is 12.6. The summed E-state index contributed by atoms with van der Waals surface area (Å²) in [6.07, 6.45) is 0. The summed E-state index contributed by atoms with van der Waals surface area (Å²) in [6, 6.07) is 6.04. The molecule has 1 unspecified atom stereocenters. The van der Waals surface area contributed by atoms with Gasteiger partial charge in [-0.15, -0.1) is 0 Å². The lowest BCUT2D eigenvalue weighted by atomic mass is 9.90. The molecule has 1 atom stereocenters. The monoisotopic (exact) mass is 296 g/mol. The third kappa shape index (κ3) is 2.11. The van der Waals surface area contributed by atoms with Crippen LogP contribution in [0.1, 0.15) is 25.3 Å². The van der Waals surface area contributed by atoms with Crippen molar-refractivity contribution >= 4 is 27.5 Å². The highest BCUT2D eigenvalue weighted by atomic mass is 79.9. The van der Waals surface area contributed by atoms with Crippen molar-refractivity contribution in [3.8, 4) is 0 Å². The molecule has 0 saturated heterocycles. The van der Waals surface area contributed by atoms with Gasteiger partial charge in [0.25, 0.3) is 0 Å². The van der Waals surface area contributed by atoms with Crippen LogP contribution in [-0.2, 0) is 4.79 Å². The zero-order valence-electron chi connectivity index (χ0n) is 10.1. The molecule has 0 aliphatic carbocycles. The van der Waals surface area contributed by atoms with Crippen molar-refractivity contribution in [1.82, 2.24) is 0 Å². The van der Waals surface area contributed by atoms with Crippen LogP contribution in [0, 0.1) is 5.92 Å². The summed E-state index contributed by atoms with van der Waals surface area (Å²) < 4.78 is 0.996. The van der Waals surface area contributed by atoms with Crippen molar-refractivity contribution < 1.29 is 4.79 Å². The van der Waals surface area contributed by atoms with E-state index in [4.69, 9.17) is 5.73 Å². The van der Waals surface area contributed by atoms with Gasteiger partial charge < -0.3 is 10.6 Å². The molecule has 1 aliphatic heterocycles. The lowest BCUT2D eigenvalue weighted by Crippen LogP contribution is -2.34. The van der Waals surface area contributed by atoms with Crippen LogP contribution in [0.4, 0.5) is 5.69 Å². The molecule has 0 saturated carbocycles. The molecule has 17 heavy (non-hydrogen) atoms. The van der Waals surface area contributed by atoms with Crippen molar-refractivity contribution in [2.75, 3.05) is 18.0 Å². The third-order valence-corrected chi connectivity index (χ3v) is 3.66. The van der Waals surface area contributed by atoms with E-state index in [-0.39, 0.29) is 11.8 Å². The summed E-state index contributed by atoms with van der Waals surface area (Å²) in [6.45, 7) is 5.24. The van der Waals surface area contributed by atoms with Gasteiger partial charge in [0.15, 0.2) is 0 Å². The number of anilines is 1. The van der Waals surface area contributed by atoms with Gasteiger partial charge in [-0.25, -0.2) is 0 Å². The maximum Gasteiger partial charge on any atom is 0.234 e. The topological polar surface area (TPSA) is 46.3 Å². The van der Waals surface area contributed by atoms with Crippen LogP contribution in [0.5, 0.6) is 0 Å². The van der Waals surface area contributed by atoms with E-state index in [9.17, 15) is 4.79 Å². The number of carbonyl (C=O) groups is 1. The number of nitrogens with two attached hydrogens (primary N) is 1. The van der Waals surface area contributed by atoms with E-state index < -0.39 is 0 Å². The summed E-state index contributed by atoms with van der Waals surface area (Å²) in [5, 5.41) is 0. The fourth-order valence-electron chi connectivity index (χ4n) is 2.44. The zero-order valence-corrected chi connectivity index (χ0v) is 11.7. The Hall–Kier alpha value is -0.870. The standard InChI is InChI=1S/C13H17BrN2O/c1-8(2)12-10-4-3-9(14)7-11(10)16(6-5-15)13(12)17/h3-4,7-8,12H,5-6,15H2,1-2H3. The van der Waals surface area contributed by atoms with Gasteiger partial charge in [0, 0.05) is 23.2 Å². The molecular formula is C13H17BrN2O. The van der Waals surface area contributed by atoms with Crippen LogP contribution in [0.2, 0.25) is 0 Å². The first-order chi connectivity index (χ1) is 8.06. The average Bonchev–Trinajstić information content (AvgIpc) is 2.53. The second kappa shape index (κ2) is 4.78. The highest BCUT2D eigenvalue weighted by Gasteiger charge is 2.38. The Bertz CT molecular complexity index is 445. The molecule has 1 heterocycles. The SMILES string of the molecule is CC(C)C1C(=O)N(CCN)c2cc(Br)ccc21. The lowest BCUT2D eigenvalue weighted by molar-refractivity contribution is -0.120. The molecule has 4 heteroatoms. The average molecular weight is 297 g/mol. The molecule has 0 aromatic heterocycles. The maximum atomic E-state index is 12.4. The highest BCUT2D eigenvalue weighted by Crippen LogP contribution is 2.42. The molecule has 0 radical (unpaired) electrons. The van der Waals surface area contributed by atoms with Crippen molar-refractivity contribution in [2.24, 2.45) is 11.7 Å². The van der Waals surface area contributed by atoms with E-state index in [1.165, 1.54) is 0 Å². The summed E-state index contributed by atoms with van der Waals surface area (Å²) in [4.78, 5) is 14.2. The van der Waals surface area contributed by atoms with Crippen LogP contribution in [0.15, 0.2) is 22.7 Å². The molecule has 0 fully saturated rings. The molecule has 0 spiro atoms. The molecule has 92 valence electrons. The van der Waals surface area contributed by atoms with Gasteiger partial charge in [0.1, 0.15) is 0 Å². The van der Waals surface area contributed by atoms with Gasteiger partial charge >= 0.3 is 0 Å². The smallest absolute Gasteiger partial charge is 0.234 e. The fraction of sp³-hybridized carbons (Fsp3) is 0.462. The number of rotatable bonds is 3. The number of benzene rings is 1. The normalized spacial score (nSPS) is 19.0. The van der Waals surface area contributed by atoms with Crippen LogP contribution in [0.25, 0.3) is 0 Å². The number of amides is 1. The van der Waals surface area contributed by atoms with Gasteiger partial charge in [-0.3, -0.25) is 4.79 Å². The van der Waals surface area contributed by atoms with Crippen LogP contribution >= 0.6 is 15.9 Å². The largest absolute Gasteiger partial charge is 0.329 e. The summed E-state index contributed by atoms with van der Waals surface area (Å²) in [5.41, 5.74) is 7.72. The predicted octanol–water partition coefficient (Wildman–Crippen LogP) is 2.49. The number of hydrogen-bond acceptors (Lipinski definition) is 2. The first-order valence-corrected chi connectivity index (χ1v) is 6.66. The fourth-order valence-corrected chi connectivity index (χ4v) is 2.79. The minimum absolute atomic E-state index is 0.0235. The Labute approximate surface area is 110 Å². The van der Waals surface area contributed by atoms with Crippen LogP contribution in [-0.4, -0.2) is 19.0 Å². The van der Waals surface area contributed by atoms with E-state index in [1.807, 2.05) is 23.1 Å². The molecule has 0 bridgehead atoms. The molecule has 2 N–H and O–H groups in total. The lowest BCUT2D eigenvalue weighted by Gasteiger charge is -2.18. The molecule has 2 rings (SSSR count). The molecule has 1 aromatic rings. The molecule has 1 aliphatic rings. The van der Waals surface area contributed by atoms with Crippen LogP contribution < -0.4 is 10.6 Å². The first kappa shape index (κ1) is 12.6. The molecule has 3 nitrogen and oxygen atoms in total. The predicted molar refractivity (Wildman–Crippen MR) is 73.1 cm³/mol. The van der Waals surface area contributed by atoms with Crippen molar-refractivity contribution in [1.29, 1.82) is 0 Å². The van der Waals surface area contributed by atoms with E-state index in [1.54, 1.807) is 0 Å². The van der Waals surface area contributed by atoms with E-state index in [0.29, 0.717) is 19.0 Å². The van der Waals surface area contributed by atoms with Gasteiger partial charge in [-0.05, 0) is 23.6 Å². The minimum atomic E-state index is -0.0235. The van der Waals surface area contributed by atoms with Crippen LogP contribution in [0.3, 0.4) is 0 Å². The number of hydrogen-bond donors (Lipinski definition) is 1. The Morgan fingerprint density at radius 3 is 2.76 bits per heavy atom. The Morgan fingerprint density at radius 1 is 1.47 bits per heavy atom. The van der Waals surface area contributed by atoms with E-state index >= 15 is 0 Å². The van der Waals surface area contributed by atoms with Crippen molar-refractivity contribution in [3.05, 3.63) is 28.2 Å². The molecule has 1 aromatic carbocycles. The quantitative estimate of drug-likeness (QED) is 0.931. The first-order valence-electron chi connectivity index (χ1n) is 5.87. The van der Waals surface area contributed by atoms with E-state index in [0.717, 1.165) is 15.7 Å². The molecular weight excluding hydrogens is 280 g/mol. The van der Waals surface area contributed by atoms with Gasteiger partial charge in [-0.1, -0.05) is 35.8 Å². The maximum absolute atomic E-state index is 12.4. The minimum Gasteiger partial charge on any atom is -0.329 e. The summed E-state index contributed by atoms with van der Waals surface area (Å²) >= 11 is 3.45. The number of halogens is 1. The van der Waals surface area contributed by atoms with Crippen molar-refractivity contribution in [2.45, 2.75) is 19.8 Å². The number of nitrogens with zero attached hydrogens (tertiary/aromatic N) is 1. The second-order valence-corrected chi connectivity index (χ2v) is 5.62. The van der Waals surface area contributed by atoms with Gasteiger partial charge in [0.2, 0.25) is 5.91 Å². The van der Waals surface area contributed by atoms with Gasteiger partial charge in [-0.2, -0.15) is 0 Å². The van der Waals surface area contributed by atoms with Gasteiger partial charge in [0.05, 0.1) is 5.92 Å². The Morgan fingerprint density at radius 2 is 2.18 bits per heavy atom. The third-order valence-electron chi connectivity index (χ3n) is 3.17. The number of carbonyl (C=O) groups excluding carboxylic acids is 1. The Kier molecular flexibility index (Phi) is 3.54. The van der Waals surface area contributed by atoms with Crippen molar-refractivity contribution in [3.63, 3.8) is 0 Å². The highest BCUT2D eigenvalue weighted by molar-refractivity contribution is 9.10. The summed E-state index contributed by atoms with van der Waals surface area (Å²) in [7, 11) is 0. The Balaban J connectivity index is 2.49. The molecule has 1 amide bonds.